The van der Waals surface area contributed by atoms with Gasteiger partial charge in [-0.25, -0.2) is 4.98 Å². The molecule has 6 heteroatoms. The molecule has 0 unspecified atom stereocenters. The molecule has 0 aromatic carbocycles. The molecular weight excluding hydrogens is 318 g/mol. The van der Waals surface area contributed by atoms with Gasteiger partial charge in [0.25, 0.3) is 5.91 Å². The minimum atomic E-state index is -0.211. The van der Waals surface area contributed by atoms with E-state index in [1.54, 1.807) is 18.3 Å². The Kier molecular flexibility index (Phi) is 5.91. The molecule has 1 saturated carbocycles. The van der Waals surface area contributed by atoms with Gasteiger partial charge < -0.3 is 14.7 Å². The van der Waals surface area contributed by atoms with E-state index in [-0.39, 0.29) is 18.1 Å². The van der Waals surface area contributed by atoms with Crippen molar-refractivity contribution < 1.29 is 14.6 Å². The predicted octanol–water partition coefficient (Wildman–Crippen LogP) is 1.79. The van der Waals surface area contributed by atoms with Crippen LogP contribution in [0, 0.1) is 5.92 Å². The van der Waals surface area contributed by atoms with Gasteiger partial charge in [0, 0.05) is 38.4 Å². The Hall–Kier alpha value is -1.66. The van der Waals surface area contributed by atoms with E-state index in [9.17, 15) is 9.90 Å². The zero-order chi connectivity index (χ0) is 17.8. The van der Waals surface area contributed by atoms with Crippen molar-refractivity contribution in [2.24, 2.45) is 5.92 Å². The van der Waals surface area contributed by atoms with E-state index in [1.165, 1.54) is 0 Å². The van der Waals surface area contributed by atoms with Crippen molar-refractivity contribution in [2.75, 3.05) is 32.8 Å². The summed E-state index contributed by atoms with van der Waals surface area (Å²) in [5.74, 6) is 0.791. The Labute approximate surface area is 149 Å². The highest BCUT2D eigenvalue weighted by Gasteiger charge is 2.33. The summed E-state index contributed by atoms with van der Waals surface area (Å²) < 4.78 is 5.72. The molecule has 1 aromatic rings. The van der Waals surface area contributed by atoms with Gasteiger partial charge in [0.05, 0.1) is 12.7 Å². The lowest BCUT2D eigenvalue weighted by atomic mass is 10.1. The van der Waals surface area contributed by atoms with Crippen molar-refractivity contribution in [3.8, 4) is 5.88 Å². The first-order chi connectivity index (χ1) is 12.1. The summed E-state index contributed by atoms with van der Waals surface area (Å²) in [7, 11) is 0. The molecule has 1 saturated heterocycles. The highest BCUT2D eigenvalue weighted by Crippen LogP contribution is 2.26. The van der Waals surface area contributed by atoms with Crippen LogP contribution in [-0.2, 0) is 0 Å². The average molecular weight is 347 g/mol. The first kappa shape index (κ1) is 18.1. The maximum atomic E-state index is 12.9. The predicted molar refractivity (Wildman–Crippen MR) is 95.7 cm³/mol. The number of piperazine rings is 1. The SMILES string of the molecule is CC(C)COc1ncccc1C(=O)N1CCN([C@H]2CCC[C@H]2O)CC1. The van der Waals surface area contributed by atoms with E-state index in [0.717, 1.165) is 32.4 Å². The van der Waals surface area contributed by atoms with Gasteiger partial charge in [-0.3, -0.25) is 9.69 Å². The summed E-state index contributed by atoms with van der Waals surface area (Å²) in [5.41, 5.74) is 0.539. The lowest BCUT2D eigenvalue weighted by molar-refractivity contribution is 0.0313. The van der Waals surface area contributed by atoms with Crippen molar-refractivity contribution in [2.45, 2.75) is 45.3 Å². The van der Waals surface area contributed by atoms with Crippen LogP contribution in [0.3, 0.4) is 0 Å². The number of aromatic nitrogens is 1. The number of carbonyl (C=O) groups is 1. The highest BCUT2D eigenvalue weighted by atomic mass is 16.5. The number of carbonyl (C=O) groups excluding carboxylic acids is 1. The molecule has 1 aliphatic carbocycles. The van der Waals surface area contributed by atoms with Crippen LogP contribution >= 0.6 is 0 Å². The third-order valence-electron chi connectivity index (χ3n) is 5.07. The van der Waals surface area contributed by atoms with Crippen LogP contribution < -0.4 is 4.74 Å². The molecule has 0 bridgehead atoms. The fourth-order valence-corrected chi connectivity index (χ4v) is 3.69. The Morgan fingerprint density at radius 3 is 2.72 bits per heavy atom. The quantitative estimate of drug-likeness (QED) is 0.880. The van der Waals surface area contributed by atoms with Crippen LogP contribution in [0.15, 0.2) is 18.3 Å². The summed E-state index contributed by atoms with van der Waals surface area (Å²) in [6, 6.07) is 3.83. The Balaban J connectivity index is 1.61. The van der Waals surface area contributed by atoms with E-state index >= 15 is 0 Å². The number of aliphatic hydroxyl groups excluding tert-OH is 1. The number of hydrogen-bond donors (Lipinski definition) is 1. The Bertz CT molecular complexity index is 585. The van der Waals surface area contributed by atoms with Crippen LogP contribution in [0.25, 0.3) is 0 Å². The zero-order valence-corrected chi connectivity index (χ0v) is 15.2. The second kappa shape index (κ2) is 8.15. The van der Waals surface area contributed by atoms with Gasteiger partial charge in [-0.05, 0) is 37.3 Å². The standard InChI is InChI=1S/C19H29N3O3/c1-14(2)13-25-18-15(5-4-8-20-18)19(24)22-11-9-21(10-12-22)16-6-3-7-17(16)23/h4-5,8,14,16-17,23H,3,6-7,9-13H2,1-2H3/t16-,17+/m0/s1. The molecule has 0 spiro atoms. The van der Waals surface area contributed by atoms with Crippen molar-refractivity contribution in [3.05, 3.63) is 23.9 Å². The largest absolute Gasteiger partial charge is 0.477 e. The second-order valence-electron chi connectivity index (χ2n) is 7.45. The lowest BCUT2D eigenvalue weighted by Gasteiger charge is -2.39. The van der Waals surface area contributed by atoms with Crippen molar-refractivity contribution in [1.82, 2.24) is 14.8 Å². The third kappa shape index (κ3) is 4.30. The fraction of sp³-hybridized carbons (Fsp3) is 0.684. The Morgan fingerprint density at radius 1 is 1.32 bits per heavy atom. The average Bonchev–Trinajstić information content (AvgIpc) is 3.06. The highest BCUT2D eigenvalue weighted by molar-refractivity contribution is 5.96. The fourth-order valence-electron chi connectivity index (χ4n) is 3.69. The molecule has 1 aliphatic heterocycles. The van der Waals surface area contributed by atoms with Crippen LogP contribution in [0.1, 0.15) is 43.5 Å². The molecule has 2 aliphatic rings. The molecule has 0 radical (unpaired) electrons. The van der Waals surface area contributed by atoms with Crippen molar-refractivity contribution >= 4 is 5.91 Å². The van der Waals surface area contributed by atoms with Crippen molar-refractivity contribution in [3.63, 3.8) is 0 Å². The number of ether oxygens (including phenoxy) is 1. The maximum Gasteiger partial charge on any atom is 0.259 e. The van der Waals surface area contributed by atoms with E-state index in [0.29, 0.717) is 37.1 Å². The number of aliphatic hydroxyl groups is 1. The monoisotopic (exact) mass is 347 g/mol. The van der Waals surface area contributed by atoms with Gasteiger partial charge >= 0.3 is 0 Å². The van der Waals surface area contributed by atoms with E-state index < -0.39 is 0 Å². The minimum Gasteiger partial charge on any atom is -0.477 e. The topological polar surface area (TPSA) is 65.9 Å². The normalized spacial score (nSPS) is 24.7. The van der Waals surface area contributed by atoms with Crippen LogP contribution in [0.4, 0.5) is 0 Å². The summed E-state index contributed by atoms with van der Waals surface area (Å²) in [6.07, 6.45) is 4.50. The molecule has 2 fully saturated rings. The number of pyridine rings is 1. The van der Waals surface area contributed by atoms with E-state index in [4.69, 9.17) is 4.74 Å². The first-order valence-corrected chi connectivity index (χ1v) is 9.35. The van der Waals surface area contributed by atoms with Gasteiger partial charge in [-0.1, -0.05) is 13.8 Å². The molecular formula is C19H29N3O3. The minimum absolute atomic E-state index is 0.0153. The van der Waals surface area contributed by atoms with Gasteiger partial charge in [0.1, 0.15) is 5.56 Å². The number of nitrogens with zero attached hydrogens (tertiary/aromatic N) is 3. The molecule has 2 atom stereocenters. The smallest absolute Gasteiger partial charge is 0.259 e. The molecule has 138 valence electrons. The molecule has 6 nitrogen and oxygen atoms in total. The van der Waals surface area contributed by atoms with Gasteiger partial charge in [-0.2, -0.15) is 0 Å². The zero-order valence-electron chi connectivity index (χ0n) is 15.2. The molecule has 1 amide bonds. The summed E-state index contributed by atoms with van der Waals surface area (Å²) in [5, 5.41) is 10.1. The van der Waals surface area contributed by atoms with E-state index in [2.05, 4.69) is 23.7 Å². The second-order valence-corrected chi connectivity index (χ2v) is 7.45. The van der Waals surface area contributed by atoms with Gasteiger partial charge in [0.2, 0.25) is 5.88 Å². The summed E-state index contributed by atoms with van der Waals surface area (Å²) in [4.78, 5) is 21.3. The summed E-state index contributed by atoms with van der Waals surface area (Å²) >= 11 is 0. The van der Waals surface area contributed by atoms with Crippen molar-refractivity contribution in [1.29, 1.82) is 0 Å². The molecule has 1 aromatic heterocycles. The molecule has 25 heavy (non-hydrogen) atoms. The number of hydrogen-bond acceptors (Lipinski definition) is 5. The van der Waals surface area contributed by atoms with Gasteiger partial charge in [-0.15, -0.1) is 0 Å². The van der Waals surface area contributed by atoms with E-state index in [1.807, 2.05) is 4.90 Å². The third-order valence-corrected chi connectivity index (χ3v) is 5.07. The molecule has 1 N–H and O–H groups in total. The molecule has 2 heterocycles. The van der Waals surface area contributed by atoms with Crippen LogP contribution in [0.5, 0.6) is 5.88 Å². The lowest BCUT2D eigenvalue weighted by Crippen LogP contribution is -2.53. The number of rotatable bonds is 5. The van der Waals surface area contributed by atoms with Gasteiger partial charge in [0.15, 0.2) is 0 Å². The maximum absolute atomic E-state index is 12.9. The first-order valence-electron chi connectivity index (χ1n) is 9.35. The number of amides is 1. The molecule has 3 rings (SSSR count). The Morgan fingerprint density at radius 2 is 2.08 bits per heavy atom. The van der Waals surface area contributed by atoms with Crippen LogP contribution in [0.2, 0.25) is 0 Å². The van der Waals surface area contributed by atoms with Crippen LogP contribution in [-0.4, -0.2) is 70.7 Å². The summed E-state index contributed by atoms with van der Waals surface area (Å²) in [6.45, 7) is 7.68.